The highest BCUT2D eigenvalue weighted by atomic mass is 16.3. The summed E-state index contributed by atoms with van der Waals surface area (Å²) in [5.41, 5.74) is 18.6. The first kappa shape index (κ1) is 32.8. The fourth-order valence-corrected chi connectivity index (χ4v) is 9.82. The first-order valence-corrected chi connectivity index (χ1v) is 20.1. The fourth-order valence-electron chi connectivity index (χ4n) is 9.82. The second kappa shape index (κ2) is 12.3. The molecule has 0 unspecified atom stereocenters. The highest BCUT2D eigenvalue weighted by Gasteiger charge is 2.35. The van der Waals surface area contributed by atoms with Crippen LogP contribution >= 0.6 is 0 Å². The van der Waals surface area contributed by atoms with E-state index in [1.807, 2.05) is 6.07 Å². The molecular weight excluding hydrogens is 705 g/mol. The van der Waals surface area contributed by atoms with E-state index in [-0.39, 0.29) is 5.41 Å². The molecule has 12 rings (SSSR count). The molecule has 1 aliphatic carbocycles. The van der Waals surface area contributed by atoms with E-state index in [2.05, 4.69) is 211 Å². The molecule has 58 heavy (non-hydrogen) atoms. The Labute approximate surface area is 337 Å². The molecule has 0 atom stereocenters. The molecule has 0 radical (unpaired) electrons. The number of pyridine rings is 1. The molecule has 0 saturated carbocycles. The quantitative estimate of drug-likeness (QED) is 0.129. The molecule has 0 fully saturated rings. The topological polar surface area (TPSA) is 21.3 Å². The predicted molar refractivity (Wildman–Crippen MR) is 242 cm³/mol. The largest absolute Gasteiger partial charge is 0.453 e. The Morgan fingerprint density at radius 2 is 1.02 bits per heavy atom. The van der Waals surface area contributed by atoms with Crippen molar-refractivity contribution in [3.8, 4) is 39.1 Å². The van der Waals surface area contributed by atoms with Gasteiger partial charge < -0.3 is 13.9 Å². The zero-order chi connectivity index (χ0) is 38.5. The van der Waals surface area contributed by atoms with Gasteiger partial charge in [0.05, 0.1) is 16.7 Å². The van der Waals surface area contributed by atoms with Gasteiger partial charge in [0, 0.05) is 33.2 Å². The van der Waals surface area contributed by atoms with Gasteiger partial charge in [0.1, 0.15) is 0 Å². The van der Waals surface area contributed by atoms with E-state index >= 15 is 0 Å². The van der Waals surface area contributed by atoms with Crippen molar-refractivity contribution in [2.24, 2.45) is 0 Å². The lowest BCUT2D eigenvalue weighted by atomic mass is 9.82. The molecule has 0 saturated heterocycles. The molecular formula is C55H38N2O. The van der Waals surface area contributed by atoms with E-state index in [9.17, 15) is 0 Å². The number of anilines is 3. The standard InChI is InChI=1S/C55H38N2O/c1-55(2)47-18-7-6-14-42(47)43-31-30-40(34-48(43)55)56(38-26-22-36(23-27-38)35-12-4-3-5-13-35)39-28-24-37(25-29-39)41-32-33-50-53-44(41)15-10-16-45(53)46-17-11-21-52-54(46)57(50)49-19-8-9-20-51(49)58-52/h3-34H,1-2H3. The zero-order valence-corrected chi connectivity index (χ0v) is 32.3. The van der Waals surface area contributed by atoms with Crippen molar-refractivity contribution in [1.82, 2.24) is 4.57 Å². The zero-order valence-electron chi connectivity index (χ0n) is 32.3. The Kier molecular flexibility index (Phi) is 6.98. The van der Waals surface area contributed by atoms with E-state index in [4.69, 9.17) is 4.42 Å². The maximum Gasteiger partial charge on any atom is 0.152 e. The van der Waals surface area contributed by atoms with Crippen molar-refractivity contribution in [2.45, 2.75) is 19.3 Å². The molecule has 274 valence electrons. The molecule has 3 nitrogen and oxygen atoms in total. The van der Waals surface area contributed by atoms with Crippen LogP contribution in [0.2, 0.25) is 0 Å². The maximum atomic E-state index is 6.45. The van der Waals surface area contributed by atoms with Crippen molar-refractivity contribution < 1.29 is 4.42 Å². The average molecular weight is 743 g/mol. The van der Waals surface area contributed by atoms with Crippen molar-refractivity contribution >= 4 is 60.8 Å². The van der Waals surface area contributed by atoms with Gasteiger partial charge in [-0.2, -0.15) is 0 Å². The van der Waals surface area contributed by atoms with E-state index in [1.165, 1.54) is 71.6 Å². The summed E-state index contributed by atoms with van der Waals surface area (Å²) in [7, 11) is 0. The third-order valence-corrected chi connectivity index (χ3v) is 12.6. The second-order valence-electron chi connectivity index (χ2n) is 16.1. The van der Waals surface area contributed by atoms with Crippen LogP contribution in [-0.2, 0) is 5.41 Å². The molecule has 0 bridgehead atoms. The van der Waals surface area contributed by atoms with Crippen LogP contribution in [0, 0.1) is 0 Å². The van der Waals surface area contributed by atoms with Gasteiger partial charge in [-0.1, -0.05) is 147 Å². The predicted octanol–water partition coefficient (Wildman–Crippen LogP) is 15.2. The van der Waals surface area contributed by atoms with E-state index in [0.29, 0.717) is 0 Å². The van der Waals surface area contributed by atoms with Crippen LogP contribution in [0.5, 0.6) is 0 Å². The number of fused-ring (bicyclic) bond motifs is 7. The van der Waals surface area contributed by atoms with Gasteiger partial charge in [0.25, 0.3) is 0 Å². The molecule has 9 aromatic carbocycles. The van der Waals surface area contributed by atoms with Crippen LogP contribution in [-0.4, -0.2) is 4.57 Å². The molecule has 0 N–H and O–H groups in total. The Bertz CT molecular complexity index is 3350. The van der Waals surface area contributed by atoms with Gasteiger partial charge in [0.15, 0.2) is 11.2 Å². The SMILES string of the molecule is CC1(C)c2ccccc2-c2ccc(N(c3ccc(-c4ccccc4)cc3)c3ccc(-c4ccc5c6c4cccc6c4cccc6oc7ccccc7n5-c64)cc3)cc21. The normalized spacial score (nSPS) is 13.1. The summed E-state index contributed by atoms with van der Waals surface area (Å²) in [4.78, 5) is 2.40. The Morgan fingerprint density at radius 3 is 1.84 bits per heavy atom. The summed E-state index contributed by atoms with van der Waals surface area (Å²) in [6, 6.07) is 70.7. The van der Waals surface area contributed by atoms with Gasteiger partial charge in [-0.05, 0) is 116 Å². The van der Waals surface area contributed by atoms with E-state index in [0.717, 1.165) is 39.4 Å². The molecule has 3 heteroatoms. The molecule has 2 aliphatic heterocycles. The van der Waals surface area contributed by atoms with Gasteiger partial charge in [-0.3, -0.25) is 0 Å². The van der Waals surface area contributed by atoms with Crippen LogP contribution < -0.4 is 4.90 Å². The Hall–Kier alpha value is -7.36. The smallest absolute Gasteiger partial charge is 0.152 e. The van der Waals surface area contributed by atoms with Gasteiger partial charge >= 0.3 is 0 Å². The summed E-state index contributed by atoms with van der Waals surface area (Å²) in [6.45, 7) is 4.70. The molecule has 9 aromatic rings. The van der Waals surface area contributed by atoms with Gasteiger partial charge in [0.2, 0.25) is 0 Å². The molecule has 0 spiro atoms. The van der Waals surface area contributed by atoms with Crippen molar-refractivity contribution in [1.29, 1.82) is 0 Å². The lowest BCUT2D eigenvalue weighted by Crippen LogP contribution is -2.16. The second-order valence-corrected chi connectivity index (χ2v) is 16.1. The lowest BCUT2D eigenvalue weighted by molar-refractivity contribution is 0.648. The molecule has 2 heterocycles. The molecule has 0 aromatic heterocycles. The van der Waals surface area contributed by atoms with Gasteiger partial charge in [-0.25, -0.2) is 0 Å². The monoisotopic (exact) mass is 742 g/mol. The molecule has 3 aliphatic rings. The minimum absolute atomic E-state index is 0.103. The Balaban J connectivity index is 1.01. The van der Waals surface area contributed by atoms with Crippen LogP contribution in [0.4, 0.5) is 17.1 Å². The minimum atomic E-state index is -0.103. The summed E-state index contributed by atoms with van der Waals surface area (Å²) < 4.78 is 8.84. The number of rotatable bonds is 5. The first-order valence-electron chi connectivity index (χ1n) is 20.1. The third-order valence-electron chi connectivity index (χ3n) is 12.6. The molecule has 0 amide bonds. The maximum absolute atomic E-state index is 6.45. The number of nitrogens with zero attached hydrogens (tertiary/aromatic N) is 2. The highest BCUT2D eigenvalue weighted by molar-refractivity contribution is 6.23. The summed E-state index contributed by atoms with van der Waals surface area (Å²) in [5.74, 6) is 0. The third kappa shape index (κ3) is 4.74. The summed E-state index contributed by atoms with van der Waals surface area (Å²) in [6.07, 6.45) is 0. The van der Waals surface area contributed by atoms with Crippen LogP contribution in [0.25, 0.3) is 82.8 Å². The van der Waals surface area contributed by atoms with Crippen LogP contribution in [0.1, 0.15) is 25.0 Å². The summed E-state index contributed by atoms with van der Waals surface area (Å²) >= 11 is 0. The van der Waals surface area contributed by atoms with Crippen molar-refractivity contribution in [3.05, 3.63) is 205 Å². The lowest BCUT2D eigenvalue weighted by Gasteiger charge is -2.28. The van der Waals surface area contributed by atoms with E-state index < -0.39 is 0 Å². The van der Waals surface area contributed by atoms with Crippen LogP contribution in [0.15, 0.2) is 199 Å². The highest BCUT2D eigenvalue weighted by Crippen LogP contribution is 2.51. The summed E-state index contributed by atoms with van der Waals surface area (Å²) in [5, 5.41) is 4.91. The van der Waals surface area contributed by atoms with Crippen molar-refractivity contribution in [2.75, 3.05) is 4.90 Å². The number of hydrogen-bond acceptors (Lipinski definition) is 2. The minimum Gasteiger partial charge on any atom is -0.453 e. The number of aromatic nitrogens is 1. The van der Waals surface area contributed by atoms with E-state index in [1.54, 1.807) is 0 Å². The number of benzene rings is 9. The van der Waals surface area contributed by atoms with Gasteiger partial charge in [-0.15, -0.1) is 0 Å². The fraction of sp³-hybridized carbons (Fsp3) is 0.0545. The average Bonchev–Trinajstić information content (AvgIpc) is 3.51. The number of para-hydroxylation sites is 3. The Morgan fingerprint density at radius 1 is 0.414 bits per heavy atom. The first-order chi connectivity index (χ1) is 28.5. The van der Waals surface area contributed by atoms with Crippen molar-refractivity contribution in [3.63, 3.8) is 0 Å². The number of hydrogen-bond donors (Lipinski definition) is 0. The van der Waals surface area contributed by atoms with Crippen LogP contribution in [0.3, 0.4) is 0 Å².